The van der Waals surface area contributed by atoms with Gasteiger partial charge in [-0.25, -0.2) is 4.98 Å². The Morgan fingerprint density at radius 1 is 0.193 bits per heavy atom. The van der Waals surface area contributed by atoms with Crippen LogP contribution in [0.3, 0.4) is 0 Å². The summed E-state index contributed by atoms with van der Waals surface area (Å²) in [6.07, 6.45) is 6.64. The van der Waals surface area contributed by atoms with Crippen molar-refractivity contribution in [3.63, 3.8) is 0 Å². The van der Waals surface area contributed by atoms with Crippen LogP contribution in [0.4, 0.5) is 17.1 Å². The Labute approximate surface area is 806 Å². The smallest absolute Gasteiger partial charge is 0.140 e. The van der Waals surface area contributed by atoms with Crippen molar-refractivity contribution >= 4 is 165 Å². The average molecular weight is 1790 g/mol. The molecule has 0 unspecified atom stereocenters. The van der Waals surface area contributed by atoms with Crippen LogP contribution in [0.15, 0.2) is 485 Å². The van der Waals surface area contributed by atoms with E-state index in [-0.39, 0.29) is 0 Å². The van der Waals surface area contributed by atoms with Crippen molar-refractivity contribution < 1.29 is 0 Å². The molecule has 0 amide bonds. The van der Waals surface area contributed by atoms with E-state index in [1.165, 1.54) is 87.4 Å². The second kappa shape index (κ2) is 31.5. The molecule has 0 saturated carbocycles. The number of aromatic nitrogens is 8. The van der Waals surface area contributed by atoms with Gasteiger partial charge in [-0.15, -0.1) is 0 Å². The molecule has 28 aromatic rings. The number of pyridine rings is 1. The Morgan fingerprint density at radius 2 is 0.550 bits per heavy atom. The summed E-state index contributed by atoms with van der Waals surface area (Å²) in [6.45, 7) is 0. The highest BCUT2D eigenvalue weighted by molar-refractivity contribution is 6.26. The SMILES string of the molecule is C1=Cc2c(n(-c3ccc(N(c4ccc(-n5c6ccccc6c6ccccc65)cc4)c4ccc(-n5c6ccccc6c6ccc(-c7ccc(-c8cccc9c8c8ccccc8n9-c8cccc(-n9c%10ccccc%10c%10ccccc%109)n8)c8c9cc(-c%10ccc%11c(c%10)c%10ccccc%10n%11-c%10ccc(-c%11ccccc%11)cc%10)ccc9n(-c9cccc(-c%10ccccc%10)c9)c78)cc65)cc4)cc3)c3ccccc23)CC1. The molecule has 0 bridgehead atoms. The molecule has 0 radical (unpaired) electrons. The third kappa shape index (κ3) is 12.2. The minimum atomic E-state index is 0.831. The summed E-state index contributed by atoms with van der Waals surface area (Å²) in [5.41, 5.74) is 37.2. The molecule has 8 aromatic heterocycles. The number of para-hydroxylation sites is 8. The van der Waals surface area contributed by atoms with Crippen molar-refractivity contribution in [1.29, 1.82) is 0 Å². The number of allylic oxidation sites excluding steroid dienone is 1. The highest BCUT2D eigenvalue weighted by Crippen LogP contribution is 2.51. The molecule has 0 aliphatic heterocycles. The first-order chi connectivity index (χ1) is 69.5. The van der Waals surface area contributed by atoms with Crippen molar-refractivity contribution in [1.82, 2.24) is 37.0 Å². The number of anilines is 3. The van der Waals surface area contributed by atoms with E-state index in [0.29, 0.717) is 0 Å². The first-order valence-electron chi connectivity index (χ1n) is 48.4. The van der Waals surface area contributed by atoms with Gasteiger partial charge in [0.25, 0.3) is 0 Å². The monoisotopic (exact) mass is 1780 g/mol. The van der Waals surface area contributed by atoms with Crippen molar-refractivity contribution in [2.75, 3.05) is 4.90 Å². The third-order valence-corrected chi connectivity index (χ3v) is 29.6. The summed E-state index contributed by atoms with van der Waals surface area (Å²) < 4.78 is 17.1. The first-order valence-corrected chi connectivity index (χ1v) is 48.4. The maximum atomic E-state index is 5.72. The van der Waals surface area contributed by atoms with Gasteiger partial charge in [0.15, 0.2) is 0 Å². The lowest BCUT2D eigenvalue weighted by atomic mass is 9.91. The molecule has 29 rings (SSSR count). The fourth-order valence-corrected chi connectivity index (χ4v) is 23.5. The van der Waals surface area contributed by atoms with E-state index in [1.54, 1.807) is 0 Å². The van der Waals surface area contributed by atoms with Gasteiger partial charge in [-0.05, 0) is 257 Å². The van der Waals surface area contributed by atoms with E-state index >= 15 is 0 Å². The zero-order chi connectivity index (χ0) is 91.7. The van der Waals surface area contributed by atoms with Gasteiger partial charge < -0.3 is 27.7 Å². The van der Waals surface area contributed by atoms with Gasteiger partial charge in [-0.2, -0.15) is 0 Å². The lowest BCUT2D eigenvalue weighted by molar-refractivity contribution is 0.888. The lowest BCUT2D eigenvalue weighted by Gasteiger charge is -2.26. The summed E-state index contributed by atoms with van der Waals surface area (Å²) in [7, 11) is 0. The van der Waals surface area contributed by atoms with E-state index in [4.69, 9.17) is 4.98 Å². The summed E-state index contributed by atoms with van der Waals surface area (Å²) in [4.78, 5) is 8.14. The minimum absolute atomic E-state index is 0.831. The fourth-order valence-electron chi connectivity index (χ4n) is 23.5. The van der Waals surface area contributed by atoms with Gasteiger partial charge in [0.1, 0.15) is 11.6 Å². The van der Waals surface area contributed by atoms with Crippen LogP contribution < -0.4 is 4.90 Å². The zero-order valence-electron chi connectivity index (χ0n) is 76.2. The largest absolute Gasteiger partial charge is 0.313 e. The quantitative estimate of drug-likeness (QED) is 0.103. The van der Waals surface area contributed by atoms with Gasteiger partial charge >= 0.3 is 0 Å². The molecule has 1 aliphatic rings. The minimum Gasteiger partial charge on any atom is -0.313 e. The van der Waals surface area contributed by atoms with E-state index in [9.17, 15) is 0 Å². The van der Waals surface area contributed by atoms with Crippen LogP contribution in [0.1, 0.15) is 17.7 Å². The Balaban J connectivity index is 0.634. The van der Waals surface area contributed by atoms with Crippen LogP contribution in [0, 0.1) is 0 Å². The van der Waals surface area contributed by atoms with Gasteiger partial charge in [0.2, 0.25) is 0 Å². The normalized spacial score (nSPS) is 12.3. The molecule has 0 N–H and O–H groups in total. The molecule has 654 valence electrons. The molecule has 0 spiro atoms. The first kappa shape index (κ1) is 78.9. The summed E-state index contributed by atoms with van der Waals surface area (Å²) >= 11 is 0. The summed E-state index contributed by atoms with van der Waals surface area (Å²) in [5.74, 6) is 1.68. The molecular weight excluding hydrogens is 1700 g/mol. The highest BCUT2D eigenvalue weighted by atomic mass is 15.2. The maximum absolute atomic E-state index is 5.72. The molecular formula is C131H85N9. The van der Waals surface area contributed by atoms with Crippen molar-refractivity contribution in [2.45, 2.75) is 12.8 Å². The maximum Gasteiger partial charge on any atom is 0.140 e. The average Bonchev–Trinajstić information content (AvgIpc) is 1.54. The second-order valence-electron chi connectivity index (χ2n) is 37.1. The van der Waals surface area contributed by atoms with Crippen LogP contribution >= 0.6 is 0 Å². The number of fused-ring (bicyclic) bond motifs is 21. The molecule has 1 aliphatic carbocycles. The highest BCUT2D eigenvalue weighted by Gasteiger charge is 2.29. The van der Waals surface area contributed by atoms with E-state index in [2.05, 4.69) is 528 Å². The van der Waals surface area contributed by atoms with Crippen molar-refractivity contribution in [2.24, 2.45) is 0 Å². The van der Waals surface area contributed by atoms with Crippen LogP contribution in [0.5, 0.6) is 0 Å². The van der Waals surface area contributed by atoms with Crippen molar-refractivity contribution in [3.05, 3.63) is 497 Å². The van der Waals surface area contributed by atoms with Gasteiger partial charge in [-0.1, -0.05) is 297 Å². The number of rotatable bonds is 15. The van der Waals surface area contributed by atoms with E-state index in [0.717, 1.165) is 191 Å². The zero-order valence-corrected chi connectivity index (χ0v) is 76.2. The summed E-state index contributed by atoms with van der Waals surface area (Å²) in [6, 6.07) is 178. The Morgan fingerprint density at radius 3 is 1.10 bits per heavy atom. The molecule has 0 saturated heterocycles. The van der Waals surface area contributed by atoms with Gasteiger partial charge in [0, 0.05) is 132 Å². The second-order valence-corrected chi connectivity index (χ2v) is 37.1. The lowest BCUT2D eigenvalue weighted by Crippen LogP contribution is -2.11. The molecule has 140 heavy (non-hydrogen) atoms. The fraction of sp³-hybridized carbons (Fsp3) is 0.0153. The number of hydrogen-bond donors (Lipinski definition) is 0. The predicted molar refractivity (Wildman–Crippen MR) is 586 cm³/mol. The Hall–Kier alpha value is -18.6. The van der Waals surface area contributed by atoms with Crippen LogP contribution in [-0.4, -0.2) is 37.0 Å². The molecule has 20 aromatic carbocycles. The van der Waals surface area contributed by atoms with Crippen molar-refractivity contribution in [3.8, 4) is 95.7 Å². The third-order valence-electron chi connectivity index (χ3n) is 29.6. The topological polar surface area (TPSA) is 50.6 Å². The Kier molecular flexibility index (Phi) is 17.8. The molecule has 0 fully saturated rings. The van der Waals surface area contributed by atoms with Gasteiger partial charge in [0.05, 0.1) is 71.7 Å². The van der Waals surface area contributed by atoms with E-state index in [1.807, 2.05) is 0 Å². The number of benzene rings is 20. The summed E-state index contributed by atoms with van der Waals surface area (Å²) in [5, 5.41) is 15.4. The number of nitrogens with zero attached hydrogens (tertiary/aromatic N) is 9. The number of hydrogen-bond acceptors (Lipinski definition) is 2. The Bertz CT molecular complexity index is 9880. The molecule has 9 heteroatoms. The molecule has 9 nitrogen and oxygen atoms in total. The molecule has 0 atom stereocenters. The molecule has 8 heterocycles. The van der Waals surface area contributed by atoms with Crippen LogP contribution in [-0.2, 0) is 6.42 Å². The van der Waals surface area contributed by atoms with Crippen LogP contribution in [0.2, 0.25) is 0 Å². The predicted octanol–water partition coefficient (Wildman–Crippen LogP) is 34.4. The van der Waals surface area contributed by atoms with Crippen LogP contribution in [0.25, 0.3) is 244 Å². The van der Waals surface area contributed by atoms with E-state index < -0.39 is 0 Å². The van der Waals surface area contributed by atoms with Gasteiger partial charge in [-0.3, -0.25) is 9.13 Å². The standard InChI is InChI=1S/C131H85N9/c1-3-28-84(29-4-1)86-56-61-94(62-57-86)136-119-49-21-14-41-107(119)112-81-88(59-78-123(112)136)89-60-79-124-113(82-89)130-110(109-43-26-53-125-129(109)111-42-15-24-52-122(111)140(125)128-55-27-54-127(132-128)139-120-50-22-12-38-104(120)105-39-13-23-51-121(105)139)77-76-99(131(130)138(124)98-33-25-32-87(80-98)85-30-5-2-6-31-85)90-58-75-108-106-40-11-20-48-118(106)137(126(108)83-90)97-73-67-93(68-74-97)133(91-63-69-95(70-64-91)134-114-44-16-7-34-100(114)101-35-8-17-45-115(101)134)92-65-71-96(72-66-92)135-116-46-18-9-36-102(116)103-37-10-19-47-117(103)135/h1-18,20-46,48-83H,19,47H2.